The highest BCUT2D eigenvalue weighted by molar-refractivity contribution is 5.88. The molecule has 0 unspecified atom stereocenters. The van der Waals surface area contributed by atoms with Gasteiger partial charge in [0.25, 0.3) is 0 Å². The molecule has 0 radical (unpaired) electrons. The molecule has 20 heavy (non-hydrogen) atoms. The number of pyridine rings is 1. The summed E-state index contributed by atoms with van der Waals surface area (Å²) in [6, 6.07) is 16.1. The maximum absolute atomic E-state index is 10.1. The van der Waals surface area contributed by atoms with E-state index in [9.17, 15) is 4.79 Å². The highest BCUT2D eigenvalue weighted by Gasteiger charge is 1.94. The summed E-state index contributed by atoms with van der Waals surface area (Å²) in [4.78, 5) is 14.2. The predicted octanol–water partition coefficient (Wildman–Crippen LogP) is 3.02. The van der Waals surface area contributed by atoms with E-state index in [1.807, 2.05) is 30.3 Å². The van der Waals surface area contributed by atoms with Gasteiger partial charge in [0.1, 0.15) is 5.75 Å². The van der Waals surface area contributed by atoms with Gasteiger partial charge in [0.05, 0.1) is 16.8 Å². The molecule has 0 amide bonds. The summed E-state index contributed by atoms with van der Waals surface area (Å²) in [5, 5.41) is 9.97. The molecule has 4 nitrogen and oxygen atoms in total. The molecule has 0 aliphatic rings. The molecule has 100 valence electrons. The molecule has 2 aromatic carbocycles. The minimum absolute atomic E-state index is 0.0347. The average Bonchev–Trinajstić information content (AvgIpc) is 2.49. The first-order chi connectivity index (χ1) is 9.72. The van der Waals surface area contributed by atoms with Crippen LogP contribution in [0.1, 0.15) is 10.4 Å². The van der Waals surface area contributed by atoms with Crippen molar-refractivity contribution in [1.82, 2.24) is 4.98 Å². The molecule has 0 aliphatic carbocycles. The number of para-hydroxylation sites is 2. The number of aromatic nitrogens is 1. The Morgan fingerprint density at radius 3 is 2.40 bits per heavy atom. The van der Waals surface area contributed by atoms with Gasteiger partial charge in [0, 0.05) is 11.6 Å². The lowest BCUT2D eigenvalue weighted by atomic mass is 10.2. The standard InChI is InChI=1S/C9H8N2.C7H6O2/c10-8-5-1-3-7-4-2-6-11-9(7)8;8-5-6-3-1-2-4-7(6)9/h1-6H,10H2;1-5,9H. The smallest absolute Gasteiger partial charge is 0.153 e. The van der Waals surface area contributed by atoms with Gasteiger partial charge in [0.2, 0.25) is 0 Å². The highest BCUT2D eigenvalue weighted by atomic mass is 16.3. The fraction of sp³-hybridized carbons (Fsp3) is 0. The van der Waals surface area contributed by atoms with Gasteiger partial charge in [-0.3, -0.25) is 9.78 Å². The molecule has 1 heterocycles. The Kier molecular flexibility index (Phi) is 4.29. The third-order valence-corrected chi connectivity index (χ3v) is 2.73. The monoisotopic (exact) mass is 266 g/mol. The Morgan fingerprint density at radius 2 is 1.75 bits per heavy atom. The lowest BCUT2D eigenvalue weighted by Crippen LogP contribution is -1.87. The number of hydrogen-bond donors (Lipinski definition) is 2. The molecule has 0 spiro atoms. The van der Waals surface area contributed by atoms with Crippen LogP contribution in [0.5, 0.6) is 5.75 Å². The van der Waals surface area contributed by atoms with Crippen molar-refractivity contribution < 1.29 is 9.90 Å². The lowest BCUT2D eigenvalue weighted by molar-refractivity contribution is 0.112. The maximum Gasteiger partial charge on any atom is 0.153 e. The normalized spacial score (nSPS) is 9.60. The predicted molar refractivity (Wildman–Crippen MR) is 79.6 cm³/mol. The summed E-state index contributed by atoms with van der Waals surface area (Å²) in [6.07, 6.45) is 2.37. The summed E-state index contributed by atoms with van der Waals surface area (Å²) < 4.78 is 0. The molecule has 0 bridgehead atoms. The summed E-state index contributed by atoms with van der Waals surface area (Å²) in [5.41, 5.74) is 7.65. The van der Waals surface area contributed by atoms with Gasteiger partial charge in [-0.25, -0.2) is 0 Å². The number of carbonyl (C=O) groups excluding carboxylic acids is 1. The summed E-state index contributed by atoms with van der Waals surface area (Å²) in [5.74, 6) is 0.0347. The summed E-state index contributed by atoms with van der Waals surface area (Å²) in [6.45, 7) is 0. The van der Waals surface area contributed by atoms with E-state index < -0.39 is 0 Å². The van der Waals surface area contributed by atoms with Crippen LogP contribution in [0.4, 0.5) is 5.69 Å². The highest BCUT2D eigenvalue weighted by Crippen LogP contribution is 2.16. The topological polar surface area (TPSA) is 76.2 Å². The first-order valence-electron chi connectivity index (χ1n) is 6.05. The third-order valence-electron chi connectivity index (χ3n) is 2.73. The average molecular weight is 266 g/mol. The van der Waals surface area contributed by atoms with E-state index >= 15 is 0 Å². The van der Waals surface area contributed by atoms with E-state index in [4.69, 9.17) is 10.8 Å². The Labute approximate surface area is 116 Å². The van der Waals surface area contributed by atoms with Crippen LogP contribution in [0.25, 0.3) is 10.9 Å². The number of fused-ring (bicyclic) bond motifs is 1. The number of phenolic OH excluding ortho intramolecular Hbond substituents is 1. The molecule has 1 aromatic heterocycles. The van der Waals surface area contributed by atoms with Crippen molar-refractivity contribution in [2.45, 2.75) is 0 Å². The molecule has 0 saturated heterocycles. The number of phenols is 1. The number of nitrogens with zero attached hydrogens (tertiary/aromatic N) is 1. The number of rotatable bonds is 1. The van der Waals surface area contributed by atoms with Crippen molar-refractivity contribution in [1.29, 1.82) is 0 Å². The summed E-state index contributed by atoms with van der Waals surface area (Å²) in [7, 11) is 0. The van der Waals surface area contributed by atoms with E-state index in [1.165, 1.54) is 6.07 Å². The molecular formula is C16H14N2O2. The molecular weight excluding hydrogens is 252 g/mol. The Morgan fingerprint density at radius 1 is 1.00 bits per heavy atom. The van der Waals surface area contributed by atoms with Gasteiger partial charge < -0.3 is 10.8 Å². The van der Waals surface area contributed by atoms with Crippen LogP contribution in [0.2, 0.25) is 0 Å². The first-order valence-corrected chi connectivity index (χ1v) is 6.05. The number of nitrogens with two attached hydrogens (primary N) is 1. The molecule has 0 atom stereocenters. The molecule has 4 heteroatoms. The second-order valence-corrected chi connectivity index (χ2v) is 4.10. The molecule has 3 rings (SSSR count). The molecule has 3 N–H and O–H groups in total. The van der Waals surface area contributed by atoms with Crippen molar-refractivity contribution >= 4 is 22.9 Å². The fourth-order valence-corrected chi connectivity index (χ4v) is 1.72. The SMILES string of the molecule is Nc1cccc2cccnc12.O=Cc1ccccc1O. The fourth-order valence-electron chi connectivity index (χ4n) is 1.72. The second kappa shape index (κ2) is 6.33. The van der Waals surface area contributed by atoms with Crippen LogP contribution < -0.4 is 5.73 Å². The van der Waals surface area contributed by atoms with Gasteiger partial charge >= 0.3 is 0 Å². The quantitative estimate of drug-likeness (QED) is 0.524. The minimum atomic E-state index is 0.0347. The van der Waals surface area contributed by atoms with Crippen molar-refractivity contribution in [3.8, 4) is 5.75 Å². The third kappa shape index (κ3) is 3.11. The molecule has 0 saturated carbocycles. The van der Waals surface area contributed by atoms with E-state index in [0.29, 0.717) is 11.8 Å². The Balaban J connectivity index is 0.000000151. The zero-order valence-corrected chi connectivity index (χ0v) is 10.7. The van der Waals surface area contributed by atoms with Gasteiger partial charge in [-0.1, -0.05) is 30.3 Å². The van der Waals surface area contributed by atoms with Gasteiger partial charge in [0.15, 0.2) is 6.29 Å². The second-order valence-electron chi connectivity index (χ2n) is 4.10. The van der Waals surface area contributed by atoms with Gasteiger partial charge in [-0.15, -0.1) is 0 Å². The minimum Gasteiger partial charge on any atom is -0.507 e. The van der Waals surface area contributed by atoms with E-state index in [0.717, 1.165) is 16.6 Å². The number of benzene rings is 2. The van der Waals surface area contributed by atoms with Crippen LogP contribution in [-0.4, -0.2) is 16.4 Å². The first kappa shape index (κ1) is 13.5. The van der Waals surface area contributed by atoms with Crippen LogP contribution in [0, 0.1) is 0 Å². The molecule has 0 aliphatic heterocycles. The summed E-state index contributed by atoms with van der Waals surface area (Å²) >= 11 is 0. The van der Waals surface area contributed by atoms with Crippen molar-refractivity contribution in [3.63, 3.8) is 0 Å². The van der Waals surface area contributed by atoms with Crippen molar-refractivity contribution in [3.05, 3.63) is 66.4 Å². The zero-order chi connectivity index (χ0) is 14.4. The van der Waals surface area contributed by atoms with Crippen molar-refractivity contribution in [2.75, 3.05) is 5.73 Å². The van der Waals surface area contributed by atoms with Crippen molar-refractivity contribution in [2.24, 2.45) is 0 Å². The van der Waals surface area contributed by atoms with Crippen LogP contribution >= 0.6 is 0 Å². The van der Waals surface area contributed by atoms with Crippen LogP contribution in [0.15, 0.2) is 60.8 Å². The van der Waals surface area contributed by atoms with E-state index in [-0.39, 0.29) is 5.75 Å². The van der Waals surface area contributed by atoms with E-state index in [1.54, 1.807) is 24.4 Å². The molecule has 0 fully saturated rings. The number of hydrogen-bond acceptors (Lipinski definition) is 4. The maximum atomic E-state index is 10.1. The number of aromatic hydroxyl groups is 1. The van der Waals surface area contributed by atoms with Gasteiger partial charge in [-0.2, -0.15) is 0 Å². The van der Waals surface area contributed by atoms with Crippen LogP contribution in [0.3, 0.4) is 0 Å². The number of aldehydes is 1. The number of anilines is 1. The largest absolute Gasteiger partial charge is 0.507 e. The Bertz CT molecular complexity index is 721. The van der Waals surface area contributed by atoms with E-state index in [2.05, 4.69) is 4.98 Å². The zero-order valence-electron chi connectivity index (χ0n) is 10.7. The molecule has 3 aromatic rings. The number of nitrogen functional groups attached to an aromatic ring is 1. The number of carbonyl (C=O) groups is 1. The Hall–Kier alpha value is -2.88. The van der Waals surface area contributed by atoms with Crippen LogP contribution in [-0.2, 0) is 0 Å². The van der Waals surface area contributed by atoms with Gasteiger partial charge in [-0.05, 0) is 24.3 Å². The lowest BCUT2D eigenvalue weighted by Gasteiger charge is -1.97.